The Labute approximate surface area is 226 Å². The summed E-state index contributed by atoms with van der Waals surface area (Å²) < 4.78 is 69.5. The van der Waals surface area contributed by atoms with Crippen molar-refractivity contribution in [2.45, 2.75) is 39.3 Å². The Morgan fingerprint density at radius 1 is 1.00 bits per heavy atom. The molecule has 4 aromatic rings. The van der Waals surface area contributed by atoms with Gasteiger partial charge >= 0.3 is 6.36 Å². The van der Waals surface area contributed by atoms with E-state index in [2.05, 4.69) is 4.74 Å². The first-order chi connectivity index (χ1) is 18.9. The highest BCUT2D eigenvalue weighted by molar-refractivity contribution is 6.17. The smallest absolute Gasteiger partial charge is 0.546 e. The Bertz CT molecular complexity index is 1560. The molecule has 1 heterocycles. The number of carboxylic acids is 1. The first kappa shape index (κ1) is 28.5. The number of methoxy groups -OCH3 is 1. The van der Waals surface area contributed by atoms with Crippen LogP contribution in [-0.2, 0) is 11.3 Å². The van der Waals surface area contributed by atoms with Crippen molar-refractivity contribution in [2.24, 2.45) is 0 Å². The number of carbonyl (C=O) groups excluding carboxylic acids is 2. The maximum atomic E-state index is 14.4. The number of ether oxygens (including phenoxy) is 3. The van der Waals surface area contributed by atoms with Crippen molar-refractivity contribution in [3.8, 4) is 17.2 Å². The lowest BCUT2D eigenvalue weighted by atomic mass is 10.0. The second-order valence-corrected chi connectivity index (χ2v) is 8.93. The van der Waals surface area contributed by atoms with Crippen LogP contribution < -0.4 is 19.3 Å². The summed E-state index contributed by atoms with van der Waals surface area (Å²) in [6.07, 6.45) is -6.28. The van der Waals surface area contributed by atoms with Gasteiger partial charge in [-0.1, -0.05) is 13.0 Å². The number of nitrogens with zero attached hydrogens (tertiary/aromatic N) is 1. The summed E-state index contributed by atoms with van der Waals surface area (Å²) in [6.45, 7) is 3.18. The number of benzene rings is 3. The van der Waals surface area contributed by atoms with Gasteiger partial charge in [0.2, 0.25) is 0 Å². The molecule has 0 aliphatic heterocycles. The zero-order chi connectivity index (χ0) is 29.2. The molecule has 1 unspecified atom stereocenters. The molecule has 0 radical (unpaired) electrons. The Hall–Kier alpha value is -4.54. The lowest BCUT2D eigenvalue weighted by molar-refractivity contribution is -0.313. The van der Waals surface area contributed by atoms with Crippen LogP contribution in [0.25, 0.3) is 10.9 Å². The average molecular weight is 559 g/mol. The number of carboxylic acid groups (broad SMARTS) is 1. The fourth-order valence-corrected chi connectivity index (χ4v) is 4.40. The predicted octanol–water partition coefficient (Wildman–Crippen LogP) is 5.18. The number of alkyl halides is 3. The van der Waals surface area contributed by atoms with Crippen molar-refractivity contribution >= 4 is 22.7 Å². The van der Waals surface area contributed by atoms with E-state index in [-0.39, 0.29) is 35.6 Å². The van der Waals surface area contributed by atoms with Gasteiger partial charge in [-0.15, -0.1) is 13.2 Å². The Balaban J connectivity index is 1.82. The van der Waals surface area contributed by atoms with Crippen molar-refractivity contribution < 1.29 is 46.5 Å². The van der Waals surface area contributed by atoms with Gasteiger partial charge in [0, 0.05) is 29.3 Å². The van der Waals surface area contributed by atoms with Crippen LogP contribution in [0.5, 0.6) is 17.2 Å². The highest BCUT2D eigenvalue weighted by Crippen LogP contribution is 2.34. The van der Waals surface area contributed by atoms with Gasteiger partial charge in [-0.25, -0.2) is 4.39 Å². The first-order valence-corrected chi connectivity index (χ1v) is 12.1. The molecule has 1 aromatic heterocycles. The van der Waals surface area contributed by atoms with Crippen LogP contribution in [0, 0.1) is 12.7 Å². The molecule has 4 rings (SSSR count). The molecule has 0 saturated heterocycles. The summed E-state index contributed by atoms with van der Waals surface area (Å²) in [4.78, 5) is 24.9. The van der Waals surface area contributed by atoms with E-state index in [1.165, 1.54) is 31.4 Å². The molecular formula is C29H24F4NO6-. The minimum Gasteiger partial charge on any atom is -0.546 e. The summed E-state index contributed by atoms with van der Waals surface area (Å²) in [5.41, 5.74) is 1.75. The lowest BCUT2D eigenvalue weighted by Crippen LogP contribution is -2.39. The van der Waals surface area contributed by atoms with E-state index in [0.717, 1.165) is 12.1 Å². The molecule has 1 atom stereocenters. The summed E-state index contributed by atoms with van der Waals surface area (Å²) in [7, 11) is 1.49. The normalized spacial score (nSPS) is 12.3. The summed E-state index contributed by atoms with van der Waals surface area (Å²) in [5.74, 6) is -2.92. The van der Waals surface area contributed by atoms with Crippen LogP contribution in [-0.4, -0.2) is 35.9 Å². The number of hydrogen-bond acceptors (Lipinski definition) is 6. The van der Waals surface area contributed by atoms with Crippen molar-refractivity contribution in [2.75, 3.05) is 7.11 Å². The van der Waals surface area contributed by atoms with Crippen LogP contribution in [0.2, 0.25) is 0 Å². The minimum atomic E-state index is -4.93. The van der Waals surface area contributed by atoms with Crippen molar-refractivity contribution in [3.05, 3.63) is 88.9 Å². The van der Waals surface area contributed by atoms with E-state index >= 15 is 0 Å². The number of hydrogen-bond donors (Lipinski definition) is 0. The number of aliphatic carboxylic acids is 1. The van der Waals surface area contributed by atoms with Gasteiger partial charge in [-0.2, -0.15) is 0 Å². The molecule has 0 saturated carbocycles. The van der Waals surface area contributed by atoms with Gasteiger partial charge in [0.25, 0.3) is 0 Å². The SMILES string of the molecule is CCC(Oc1cc(Cn2c(C)c(C(=O)c3ccc(OC)cc3)c3ccc(OC(F)(F)F)cc32)ccc1F)C(=O)[O-]. The highest BCUT2D eigenvalue weighted by Gasteiger charge is 2.32. The maximum absolute atomic E-state index is 14.4. The number of fused-ring (bicyclic) bond motifs is 1. The Kier molecular flexibility index (Phi) is 8.03. The van der Waals surface area contributed by atoms with Gasteiger partial charge in [0.05, 0.1) is 24.2 Å². The third kappa shape index (κ3) is 6.03. The standard InChI is InChI=1S/C29H25F4NO6/c1-4-24(28(36)37)39-25-13-17(5-12-22(25)30)15-34-16(2)26(27(35)18-6-8-19(38-3)9-7-18)21-11-10-20(14-23(21)34)40-29(31,32)33/h5-14,24H,4,15H2,1-3H3,(H,36,37)/p-1. The minimum absolute atomic E-state index is 0.00749. The summed E-state index contributed by atoms with van der Waals surface area (Å²) in [5, 5.41) is 11.7. The van der Waals surface area contributed by atoms with Gasteiger partial charge in [-0.3, -0.25) is 4.79 Å². The number of halogens is 4. The van der Waals surface area contributed by atoms with Crippen LogP contribution in [0.15, 0.2) is 60.7 Å². The van der Waals surface area contributed by atoms with Crippen molar-refractivity contribution in [1.82, 2.24) is 4.57 Å². The molecular weight excluding hydrogens is 534 g/mol. The van der Waals surface area contributed by atoms with E-state index < -0.39 is 30.0 Å². The van der Waals surface area contributed by atoms with E-state index in [1.807, 2.05) is 0 Å². The van der Waals surface area contributed by atoms with Gasteiger partial charge < -0.3 is 28.7 Å². The van der Waals surface area contributed by atoms with Crippen LogP contribution in [0.3, 0.4) is 0 Å². The van der Waals surface area contributed by atoms with E-state index in [4.69, 9.17) is 9.47 Å². The number of carbonyl (C=O) groups is 2. The monoisotopic (exact) mass is 558 g/mol. The number of rotatable bonds is 10. The number of ketones is 1. The lowest BCUT2D eigenvalue weighted by Gasteiger charge is -2.19. The molecule has 11 heteroatoms. The molecule has 3 aromatic carbocycles. The molecule has 0 spiro atoms. The molecule has 0 aliphatic rings. The fourth-order valence-electron chi connectivity index (χ4n) is 4.40. The van der Waals surface area contributed by atoms with E-state index in [9.17, 15) is 32.3 Å². The first-order valence-electron chi connectivity index (χ1n) is 12.1. The van der Waals surface area contributed by atoms with Crippen LogP contribution in [0.4, 0.5) is 17.6 Å². The average Bonchev–Trinajstić information content (AvgIpc) is 3.17. The highest BCUT2D eigenvalue weighted by atomic mass is 19.4. The van der Waals surface area contributed by atoms with E-state index in [0.29, 0.717) is 28.0 Å². The molecule has 7 nitrogen and oxygen atoms in total. The molecule has 0 N–H and O–H groups in total. The van der Waals surface area contributed by atoms with Gasteiger partial charge in [-0.05, 0) is 67.4 Å². The summed E-state index contributed by atoms with van der Waals surface area (Å²) >= 11 is 0. The molecule has 0 fully saturated rings. The van der Waals surface area contributed by atoms with Gasteiger partial charge in [0.15, 0.2) is 17.3 Å². The third-order valence-electron chi connectivity index (χ3n) is 6.35. The topological polar surface area (TPSA) is 89.8 Å². The molecule has 0 amide bonds. The fraction of sp³-hybridized carbons (Fsp3) is 0.241. The second-order valence-electron chi connectivity index (χ2n) is 8.93. The van der Waals surface area contributed by atoms with Gasteiger partial charge in [0.1, 0.15) is 17.6 Å². The third-order valence-corrected chi connectivity index (χ3v) is 6.35. The van der Waals surface area contributed by atoms with Crippen LogP contribution >= 0.6 is 0 Å². The second kappa shape index (κ2) is 11.3. The predicted molar refractivity (Wildman–Crippen MR) is 135 cm³/mol. The van der Waals surface area contributed by atoms with Crippen molar-refractivity contribution in [1.29, 1.82) is 0 Å². The molecule has 0 bridgehead atoms. The van der Waals surface area contributed by atoms with Crippen molar-refractivity contribution in [3.63, 3.8) is 0 Å². The van der Waals surface area contributed by atoms with Crippen LogP contribution in [0.1, 0.15) is 40.5 Å². The largest absolute Gasteiger partial charge is 0.573 e. The zero-order valence-electron chi connectivity index (χ0n) is 21.7. The number of aromatic nitrogens is 1. The molecule has 40 heavy (non-hydrogen) atoms. The van der Waals surface area contributed by atoms with E-state index in [1.54, 1.807) is 42.7 Å². The zero-order valence-corrected chi connectivity index (χ0v) is 21.7. The Morgan fingerprint density at radius 2 is 1.68 bits per heavy atom. The maximum Gasteiger partial charge on any atom is 0.573 e. The Morgan fingerprint density at radius 3 is 2.27 bits per heavy atom. The summed E-state index contributed by atoms with van der Waals surface area (Å²) in [6, 6.07) is 13.9. The molecule has 0 aliphatic carbocycles. The molecule has 210 valence electrons. The quantitative estimate of drug-likeness (QED) is 0.197.